The van der Waals surface area contributed by atoms with Gasteiger partial charge in [0.05, 0.1) is 17.1 Å². The minimum atomic E-state index is -0.226. The SMILES string of the molecule is Cc1cccc(Cn2c(C(C)NC(=O)c3ccc(C)cc3C)nc3ccccc32)c1. The summed E-state index contributed by atoms with van der Waals surface area (Å²) in [6.07, 6.45) is 0. The molecule has 0 aliphatic carbocycles. The number of carbonyl (C=O) groups is 1. The molecule has 0 saturated carbocycles. The van der Waals surface area contributed by atoms with Crippen LogP contribution in [0.5, 0.6) is 0 Å². The van der Waals surface area contributed by atoms with Gasteiger partial charge in [0.2, 0.25) is 0 Å². The van der Waals surface area contributed by atoms with E-state index in [0.717, 1.165) is 28.0 Å². The quantitative estimate of drug-likeness (QED) is 0.483. The molecule has 4 heteroatoms. The van der Waals surface area contributed by atoms with E-state index in [0.29, 0.717) is 12.1 Å². The van der Waals surface area contributed by atoms with Crippen LogP contribution in [0.15, 0.2) is 66.7 Å². The van der Waals surface area contributed by atoms with E-state index < -0.39 is 0 Å². The fourth-order valence-corrected chi connectivity index (χ4v) is 3.99. The first-order valence-electron chi connectivity index (χ1n) is 10.3. The molecule has 1 N–H and O–H groups in total. The van der Waals surface area contributed by atoms with E-state index in [1.165, 1.54) is 11.1 Å². The Morgan fingerprint density at radius 2 is 1.73 bits per heavy atom. The van der Waals surface area contributed by atoms with Crippen LogP contribution in [0, 0.1) is 20.8 Å². The maximum absolute atomic E-state index is 12.9. The van der Waals surface area contributed by atoms with Gasteiger partial charge < -0.3 is 9.88 Å². The minimum absolute atomic E-state index is 0.0749. The summed E-state index contributed by atoms with van der Waals surface area (Å²) in [4.78, 5) is 17.8. The lowest BCUT2D eigenvalue weighted by molar-refractivity contribution is 0.0937. The van der Waals surface area contributed by atoms with Crippen molar-refractivity contribution in [3.05, 3.63) is 100 Å². The van der Waals surface area contributed by atoms with Gasteiger partial charge in [0.25, 0.3) is 5.91 Å². The Morgan fingerprint density at radius 1 is 0.967 bits per heavy atom. The predicted octanol–water partition coefficient (Wildman–Crippen LogP) is 5.50. The number of rotatable bonds is 5. The zero-order valence-electron chi connectivity index (χ0n) is 17.9. The molecule has 152 valence electrons. The summed E-state index contributed by atoms with van der Waals surface area (Å²) < 4.78 is 2.21. The first kappa shape index (κ1) is 19.9. The minimum Gasteiger partial charge on any atom is -0.342 e. The molecule has 4 aromatic rings. The van der Waals surface area contributed by atoms with E-state index >= 15 is 0 Å². The number of imidazole rings is 1. The molecule has 1 unspecified atom stereocenters. The number of nitrogens with zero attached hydrogens (tertiary/aromatic N) is 2. The fourth-order valence-electron chi connectivity index (χ4n) is 3.99. The second-order valence-electron chi connectivity index (χ2n) is 8.05. The molecule has 4 nitrogen and oxygen atoms in total. The molecular formula is C26H27N3O. The number of para-hydroxylation sites is 2. The average Bonchev–Trinajstić information content (AvgIpc) is 3.06. The Hall–Kier alpha value is -3.40. The van der Waals surface area contributed by atoms with Crippen molar-refractivity contribution in [2.24, 2.45) is 0 Å². The smallest absolute Gasteiger partial charge is 0.252 e. The lowest BCUT2D eigenvalue weighted by Crippen LogP contribution is -2.29. The molecule has 0 aliphatic heterocycles. The van der Waals surface area contributed by atoms with Gasteiger partial charge >= 0.3 is 0 Å². The van der Waals surface area contributed by atoms with Crippen LogP contribution in [-0.4, -0.2) is 15.5 Å². The van der Waals surface area contributed by atoms with Crippen LogP contribution in [0.25, 0.3) is 11.0 Å². The highest BCUT2D eigenvalue weighted by molar-refractivity contribution is 5.96. The standard InChI is InChI=1S/C26H27N3O/c1-17-8-7-9-21(15-17)16-29-24-11-6-5-10-23(24)28-25(29)20(4)27-26(30)22-13-12-18(2)14-19(22)3/h5-15,20H,16H2,1-4H3,(H,27,30). The van der Waals surface area contributed by atoms with E-state index in [9.17, 15) is 4.79 Å². The number of hydrogen-bond donors (Lipinski definition) is 1. The molecule has 30 heavy (non-hydrogen) atoms. The van der Waals surface area contributed by atoms with E-state index in [1.807, 2.05) is 57.2 Å². The van der Waals surface area contributed by atoms with Crippen LogP contribution in [-0.2, 0) is 6.54 Å². The van der Waals surface area contributed by atoms with Crippen LogP contribution < -0.4 is 5.32 Å². The summed E-state index contributed by atoms with van der Waals surface area (Å²) in [5.41, 5.74) is 7.29. The Morgan fingerprint density at radius 3 is 2.50 bits per heavy atom. The highest BCUT2D eigenvalue weighted by atomic mass is 16.1. The zero-order valence-corrected chi connectivity index (χ0v) is 17.9. The van der Waals surface area contributed by atoms with Gasteiger partial charge in [-0.2, -0.15) is 0 Å². The molecular weight excluding hydrogens is 370 g/mol. The molecule has 0 aliphatic rings. The number of fused-ring (bicyclic) bond motifs is 1. The lowest BCUT2D eigenvalue weighted by Gasteiger charge is -2.17. The molecule has 1 heterocycles. The fraction of sp³-hybridized carbons (Fsp3) is 0.231. The van der Waals surface area contributed by atoms with Gasteiger partial charge in [-0.15, -0.1) is 0 Å². The molecule has 1 aromatic heterocycles. The van der Waals surface area contributed by atoms with Crippen molar-refractivity contribution in [3.8, 4) is 0 Å². The van der Waals surface area contributed by atoms with Crippen molar-refractivity contribution in [2.45, 2.75) is 40.3 Å². The molecule has 0 fully saturated rings. The molecule has 1 amide bonds. The third-order valence-electron chi connectivity index (χ3n) is 5.47. The normalized spacial score (nSPS) is 12.1. The summed E-state index contributed by atoms with van der Waals surface area (Å²) in [5, 5.41) is 3.15. The zero-order chi connectivity index (χ0) is 21.3. The number of hydrogen-bond acceptors (Lipinski definition) is 2. The summed E-state index contributed by atoms with van der Waals surface area (Å²) in [7, 11) is 0. The lowest BCUT2D eigenvalue weighted by atomic mass is 10.0. The largest absolute Gasteiger partial charge is 0.342 e. The van der Waals surface area contributed by atoms with E-state index in [2.05, 4.69) is 47.1 Å². The monoisotopic (exact) mass is 397 g/mol. The molecule has 3 aromatic carbocycles. The van der Waals surface area contributed by atoms with Crippen molar-refractivity contribution < 1.29 is 4.79 Å². The van der Waals surface area contributed by atoms with Crippen LogP contribution in [0.3, 0.4) is 0 Å². The van der Waals surface area contributed by atoms with E-state index in [-0.39, 0.29) is 11.9 Å². The maximum atomic E-state index is 12.9. The van der Waals surface area contributed by atoms with Gasteiger partial charge in [-0.25, -0.2) is 4.98 Å². The second-order valence-corrected chi connectivity index (χ2v) is 8.05. The number of amides is 1. The Balaban J connectivity index is 1.68. The highest BCUT2D eigenvalue weighted by Gasteiger charge is 2.20. The third kappa shape index (κ3) is 3.99. The Kier molecular flexibility index (Phi) is 5.40. The first-order valence-corrected chi connectivity index (χ1v) is 10.3. The average molecular weight is 398 g/mol. The first-order chi connectivity index (χ1) is 14.4. The van der Waals surface area contributed by atoms with Crippen molar-refractivity contribution in [1.82, 2.24) is 14.9 Å². The number of aromatic nitrogens is 2. The van der Waals surface area contributed by atoms with Crippen LogP contribution in [0.2, 0.25) is 0 Å². The van der Waals surface area contributed by atoms with Gasteiger partial charge in [-0.1, -0.05) is 59.7 Å². The van der Waals surface area contributed by atoms with Crippen LogP contribution >= 0.6 is 0 Å². The van der Waals surface area contributed by atoms with E-state index in [1.54, 1.807) is 0 Å². The molecule has 4 rings (SSSR count). The van der Waals surface area contributed by atoms with Gasteiger partial charge in [0.1, 0.15) is 5.82 Å². The molecule has 0 saturated heterocycles. The summed E-state index contributed by atoms with van der Waals surface area (Å²) in [6.45, 7) is 8.81. The van der Waals surface area contributed by atoms with Gasteiger partial charge in [-0.3, -0.25) is 4.79 Å². The third-order valence-corrected chi connectivity index (χ3v) is 5.47. The Labute approximate surface area is 177 Å². The van der Waals surface area contributed by atoms with Crippen LogP contribution in [0.4, 0.5) is 0 Å². The number of carbonyl (C=O) groups excluding carboxylic acids is 1. The number of aryl methyl sites for hydroxylation is 3. The van der Waals surface area contributed by atoms with Crippen molar-refractivity contribution >= 4 is 16.9 Å². The molecule has 0 bridgehead atoms. The summed E-state index contributed by atoms with van der Waals surface area (Å²) in [5.74, 6) is 0.782. The Bertz CT molecular complexity index is 1220. The van der Waals surface area contributed by atoms with E-state index in [4.69, 9.17) is 4.98 Å². The predicted molar refractivity (Wildman–Crippen MR) is 122 cm³/mol. The number of benzene rings is 3. The second kappa shape index (κ2) is 8.15. The van der Waals surface area contributed by atoms with Crippen LogP contribution in [0.1, 0.15) is 51.4 Å². The van der Waals surface area contributed by atoms with Gasteiger partial charge in [0, 0.05) is 12.1 Å². The van der Waals surface area contributed by atoms with Gasteiger partial charge in [-0.05, 0) is 57.0 Å². The summed E-state index contributed by atoms with van der Waals surface area (Å²) in [6, 6.07) is 22.3. The topological polar surface area (TPSA) is 46.9 Å². The van der Waals surface area contributed by atoms with Crippen molar-refractivity contribution in [3.63, 3.8) is 0 Å². The number of nitrogens with one attached hydrogen (secondary N) is 1. The van der Waals surface area contributed by atoms with Crippen molar-refractivity contribution in [1.29, 1.82) is 0 Å². The summed E-state index contributed by atoms with van der Waals surface area (Å²) >= 11 is 0. The molecule has 1 atom stereocenters. The highest BCUT2D eigenvalue weighted by Crippen LogP contribution is 2.23. The molecule has 0 radical (unpaired) electrons. The molecule has 0 spiro atoms. The van der Waals surface area contributed by atoms with Gasteiger partial charge in [0.15, 0.2) is 0 Å². The van der Waals surface area contributed by atoms with Crippen molar-refractivity contribution in [2.75, 3.05) is 0 Å². The maximum Gasteiger partial charge on any atom is 0.252 e.